The first-order valence-corrected chi connectivity index (χ1v) is 7.88. The first kappa shape index (κ1) is 15.2. The van der Waals surface area contributed by atoms with Crippen LogP contribution in [0.15, 0.2) is 0 Å². The lowest BCUT2D eigenvalue weighted by Crippen LogP contribution is -2.23. The fourth-order valence-electron chi connectivity index (χ4n) is 0.528. The van der Waals surface area contributed by atoms with E-state index in [0.29, 0.717) is 0 Å². The van der Waals surface area contributed by atoms with Crippen LogP contribution in [0.25, 0.3) is 0 Å². The standard InChI is InChI=1S/C2H8O10P2S/c3-13(4,5)2(1-15(9,10)11)12-14(6,7)8/h2H,1H2,(H2,3,4,5)(H2,6,7,8)(H,9,10,11). The highest BCUT2D eigenvalue weighted by molar-refractivity contribution is 7.86. The minimum atomic E-state index is -5.27. The Morgan fingerprint density at radius 2 is 1.53 bits per heavy atom. The van der Waals surface area contributed by atoms with E-state index in [1.807, 2.05) is 0 Å². The molecule has 0 aliphatic rings. The highest BCUT2D eigenvalue weighted by Gasteiger charge is 2.39. The number of hydrogen-bond donors (Lipinski definition) is 5. The van der Waals surface area contributed by atoms with E-state index in [9.17, 15) is 17.5 Å². The van der Waals surface area contributed by atoms with Gasteiger partial charge in [0.25, 0.3) is 10.1 Å². The topological polar surface area (TPSA) is 179 Å². The Morgan fingerprint density at radius 1 is 1.13 bits per heavy atom. The van der Waals surface area contributed by atoms with E-state index in [4.69, 9.17) is 24.1 Å². The van der Waals surface area contributed by atoms with Gasteiger partial charge in [-0.25, -0.2) is 4.57 Å². The zero-order valence-corrected chi connectivity index (χ0v) is 9.47. The van der Waals surface area contributed by atoms with Crippen LogP contribution in [-0.4, -0.2) is 44.1 Å². The van der Waals surface area contributed by atoms with Gasteiger partial charge in [0, 0.05) is 0 Å². The summed E-state index contributed by atoms with van der Waals surface area (Å²) in [6.07, 6.45) is 0. The van der Waals surface area contributed by atoms with Crippen LogP contribution in [0.4, 0.5) is 0 Å². The Morgan fingerprint density at radius 3 is 1.73 bits per heavy atom. The minimum Gasteiger partial charge on any atom is -0.323 e. The van der Waals surface area contributed by atoms with E-state index in [2.05, 4.69) is 4.52 Å². The normalized spacial score (nSPS) is 16.3. The second kappa shape index (κ2) is 4.58. The van der Waals surface area contributed by atoms with E-state index in [-0.39, 0.29) is 0 Å². The molecular formula is C2H8O10P2S. The number of phosphoric ester groups is 1. The van der Waals surface area contributed by atoms with Crippen molar-refractivity contribution in [3.8, 4) is 0 Å². The van der Waals surface area contributed by atoms with Gasteiger partial charge in [-0.2, -0.15) is 8.42 Å². The van der Waals surface area contributed by atoms with Crippen molar-refractivity contribution in [2.75, 3.05) is 5.75 Å². The molecule has 0 radical (unpaired) electrons. The zero-order valence-electron chi connectivity index (χ0n) is 6.86. The van der Waals surface area contributed by atoms with Gasteiger partial charge in [-0.05, 0) is 0 Å². The van der Waals surface area contributed by atoms with E-state index in [0.717, 1.165) is 0 Å². The monoisotopic (exact) mass is 286 g/mol. The molecule has 0 bridgehead atoms. The molecule has 10 nitrogen and oxygen atoms in total. The Balaban J connectivity index is 4.94. The lowest BCUT2D eigenvalue weighted by molar-refractivity contribution is 0.164. The van der Waals surface area contributed by atoms with Crippen LogP contribution >= 0.6 is 15.4 Å². The van der Waals surface area contributed by atoms with Gasteiger partial charge >= 0.3 is 15.4 Å². The molecule has 0 heterocycles. The largest absolute Gasteiger partial charge is 0.470 e. The van der Waals surface area contributed by atoms with Crippen LogP contribution in [0.5, 0.6) is 0 Å². The highest BCUT2D eigenvalue weighted by Crippen LogP contribution is 2.50. The van der Waals surface area contributed by atoms with Crippen LogP contribution in [0.2, 0.25) is 0 Å². The number of rotatable bonds is 5. The van der Waals surface area contributed by atoms with Gasteiger partial charge in [-0.15, -0.1) is 0 Å². The predicted molar refractivity (Wildman–Crippen MR) is 45.4 cm³/mol. The van der Waals surface area contributed by atoms with Gasteiger partial charge in [0.1, 0.15) is 5.75 Å². The summed E-state index contributed by atoms with van der Waals surface area (Å²) in [7, 11) is -15.3. The molecule has 0 rings (SSSR count). The molecule has 1 unspecified atom stereocenters. The molecule has 0 aliphatic carbocycles. The van der Waals surface area contributed by atoms with Gasteiger partial charge in [-0.1, -0.05) is 0 Å². The summed E-state index contributed by atoms with van der Waals surface area (Å²) < 4.78 is 53.1. The molecule has 0 amide bonds. The molecule has 0 spiro atoms. The quantitative estimate of drug-likeness (QED) is 0.294. The average Bonchev–Trinajstić information content (AvgIpc) is 1.75. The van der Waals surface area contributed by atoms with E-state index < -0.39 is 37.1 Å². The van der Waals surface area contributed by atoms with Gasteiger partial charge in [0.15, 0.2) is 5.85 Å². The van der Waals surface area contributed by atoms with Crippen molar-refractivity contribution in [3.05, 3.63) is 0 Å². The van der Waals surface area contributed by atoms with Gasteiger partial charge in [-0.3, -0.25) is 13.6 Å². The molecule has 0 aromatic heterocycles. The summed E-state index contributed by atoms with van der Waals surface area (Å²) in [6.45, 7) is 0. The molecule has 92 valence electrons. The highest BCUT2D eigenvalue weighted by atomic mass is 32.2. The molecule has 0 aliphatic heterocycles. The van der Waals surface area contributed by atoms with Crippen LogP contribution in [0.3, 0.4) is 0 Å². The minimum absolute atomic E-state index is 1.62. The van der Waals surface area contributed by atoms with Crippen LogP contribution < -0.4 is 0 Å². The Labute approximate surface area is 84.0 Å². The maximum absolute atomic E-state index is 10.5. The van der Waals surface area contributed by atoms with Gasteiger partial charge < -0.3 is 19.6 Å². The van der Waals surface area contributed by atoms with E-state index in [1.165, 1.54) is 0 Å². The van der Waals surface area contributed by atoms with Gasteiger partial charge in [0.2, 0.25) is 0 Å². The molecule has 0 fully saturated rings. The molecular weight excluding hydrogens is 278 g/mol. The molecule has 5 N–H and O–H groups in total. The summed E-state index contributed by atoms with van der Waals surface area (Å²) in [6, 6.07) is 0. The molecule has 13 heteroatoms. The SMILES string of the molecule is O=P(O)(O)OC(CS(=O)(=O)O)P(=O)(O)O. The average molecular weight is 286 g/mol. The predicted octanol–water partition coefficient (Wildman–Crippen LogP) is -1.51. The zero-order chi connectivity index (χ0) is 12.5. The molecule has 0 aromatic rings. The first-order chi connectivity index (χ1) is 6.31. The molecule has 0 aromatic carbocycles. The molecule has 15 heavy (non-hydrogen) atoms. The summed E-state index contributed by atoms with van der Waals surface area (Å²) in [5.74, 6) is -4.24. The molecule has 0 saturated heterocycles. The molecule has 1 atom stereocenters. The number of phosphoric acid groups is 1. The van der Waals surface area contributed by atoms with Crippen molar-refractivity contribution in [2.45, 2.75) is 5.85 Å². The Hall–Kier alpha value is 0.170. The first-order valence-electron chi connectivity index (χ1n) is 3.05. The Kier molecular flexibility index (Phi) is 4.63. The second-order valence-electron chi connectivity index (χ2n) is 2.39. The third-order valence-electron chi connectivity index (χ3n) is 0.987. The van der Waals surface area contributed by atoms with Crippen LogP contribution in [0.1, 0.15) is 0 Å². The number of hydrogen-bond acceptors (Lipinski definition) is 5. The van der Waals surface area contributed by atoms with E-state index in [1.54, 1.807) is 0 Å². The van der Waals surface area contributed by atoms with Crippen LogP contribution in [0, 0.1) is 0 Å². The summed E-state index contributed by atoms with van der Waals surface area (Å²) in [5, 5.41) is 0. The second-order valence-corrected chi connectivity index (χ2v) is 6.83. The third kappa shape index (κ3) is 8.03. The molecule has 0 saturated carbocycles. The maximum Gasteiger partial charge on any atom is 0.470 e. The summed E-state index contributed by atoms with van der Waals surface area (Å²) in [5.41, 5.74) is 0. The van der Waals surface area contributed by atoms with Crippen molar-refractivity contribution >= 4 is 25.5 Å². The van der Waals surface area contributed by atoms with E-state index >= 15 is 0 Å². The lowest BCUT2D eigenvalue weighted by atomic mass is 10.9. The lowest BCUT2D eigenvalue weighted by Gasteiger charge is -2.17. The third-order valence-corrected chi connectivity index (χ3v) is 3.69. The summed E-state index contributed by atoms with van der Waals surface area (Å²) in [4.78, 5) is 33.4. The fourth-order valence-corrected chi connectivity index (χ4v) is 3.65. The van der Waals surface area contributed by atoms with Crippen molar-refractivity contribution < 1.29 is 46.2 Å². The van der Waals surface area contributed by atoms with Crippen LogP contribution in [-0.2, 0) is 23.8 Å². The van der Waals surface area contributed by atoms with Crippen molar-refractivity contribution in [2.24, 2.45) is 0 Å². The van der Waals surface area contributed by atoms with Crippen molar-refractivity contribution in [3.63, 3.8) is 0 Å². The summed E-state index contributed by atoms with van der Waals surface area (Å²) >= 11 is 0. The van der Waals surface area contributed by atoms with Crippen molar-refractivity contribution in [1.82, 2.24) is 0 Å². The maximum atomic E-state index is 10.5. The van der Waals surface area contributed by atoms with Crippen molar-refractivity contribution in [1.29, 1.82) is 0 Å². The fraction of sp³-hybridized carbons (Fsp3) is 1.00. The van der Waals surface area contributed by atoms with Gasteiger partial charge in [0.05, 0.1) is 0 Å². The Bertz CT molecular complexity index is 397. The smallest absolute Gasteiger partial charge is 0.323 e.